The predicted molar refractivity (Wildman–Crippen MR) is 76.1 cm³/mol. The number of hydrogen-bond acceptors (Lipinski definition) is 3. The molecule has 0 unspecified atom stereocenters. The molecule has 3 nitrogen and oxygen atoms in total. The van der Waals surface area contributed by atoms with Crippen molar-refractivity contribution in [1.82, 2.24) is 0 Å². The standard InChI is InChI=1S/C15H25NO2/c1-11(2)5-6-17-7-8-18-15-12(3)9-14(16)10-13(15)4/h9-11H,5-8,16H2,1-4H3. The van der Waals surface area contributed by atoms with E-state index in [9.17, 15) is 0 Å². The molecule has 0 aliphatic rings. The maximum absolute atomic E-state index is 5.77. The van der Waals surface area contributed by atoms with Gasteiger partial charge in [-0.2, -0.15) is 0 Å². The highest BCUT2D eigenvalue weighted by atomic mass is 16.5. The molecule has 0 aliphatic carbocycles. The molecule has 0 fully saturated rings. The van der Waals surface area contributed by atoms with E-state index in [0.717, 1.165) is 35.6 Å². The van der Waals surface area contributed by atoms with Crippen LogP contribution in [0.5, 0.6) is 5.75 Å². The summed E-state index contributed by atoms with van der Waals surface area (Å²) in [5.74, 6) is 1.61. The fourth-order valence-electron chi connectivity index (χ4n) is 1.84. The molecule has 1 aromatic rings. The first kappa shape index (κ1) is 14.8. The zero-order chi connectivity index (χ0) is 13.5. The molecule has 1 aromatic carbocycles. The van der Waals surface area contributed by atoms with Crippen LogP contribution in [0.4, 0.5) is 5.69 Å². The molecular weight excluding hydrogens is 226 g/mol. The zero-order valence-electron chi connectivity index (χ0n) is 12.0. The van der Waals surface area contributed by atoms with Crippen LogP contribution in [-0.2, 0) is 4.74 Å². The van der Waals surface area contributed by atoms with Crippen molar-refractivity contribution in [3.05, 3.63) is 23.3 Å². The normalized spacial score (nSPS) is 10.9. The minimum absolute atomic E-state index is 0.587. The van der Waals surface area contributed by atoms with Crippen molar-refractivity contribution >= 4 is 5.69 Å². The first-order valence-electron chi connectivity index (χ1n) is 6.58. The molecule has 0 saturated heterocycles. The topological polar surface area (TPSA) is 44.5 Å². The lowest BCUT2D eigenvalue weighted by molar-refractivity contribution is 0.0922. The highest BCUT2D eigenvalue weighted by molar-refractivity contribution is 5.52. The third kappa shape index (κ3) is 4.96. The fraction of sp³-hybridized carbons (Fsp3) is 0.600. The van der Waals surface area contributed by atoms with Gasteiger partial charge in [-0.05, 0) is 49.4 Å². The van der Waals surface area contributed by atoms with Crippen molar-refractivity contribution in [3.63, 3.8) is 0 Å². The highest BCUT2D eigenvalue weighted by Gasteiger charge is 2.05. The largest absolute Gasteiger partial charge is 0.491 e. The summed E-state index contributed by atoms with van der Waals surface area (Å²) in [4.78, 5) is 0. The van der Waals surface area contributed by atoms with Gasteiger partial charge in [-0.1, -0.05) is 13.8 Å². The Morgan fingerprint density at radius 3 is 2.22 bits per heavy atom. The molecule has 1 rings (SSSR count). The molecule has 0 amide bonds. The van der Waals surface area contributed by atoms with E-state index < -0.39 is 0 Å². The third-order valence-electron chi connectivity index (χ3n) is 2.80. The van der Waals surface area contributed by atoms with E-state index in [1.807, 2.05) is 26.0 Å². The Kier molecular flexibility index (Phi) is 5.99. The maximum Gasteiger partial charge on any atom is 0.125 e. The molecule has 3 heteroatoms. The van der Waals surface area contributed by atoms with E-state index in [1.165, 1.54) is 0 Å². The van der Waals surface area contributed by atoms with Crippen LogP contribution >= 0.6 is 0 Å². The van der Waals surface area contributed by atoms with E-state index in [0.29, 0.717) is 19.1 Å². The molecule has 2 N–H and O–H groups in total. The van der Waals surface area contributed by atoms with Crippen LogP contribution in [0.1, 0.15) is 31.4 Å². The number of nitrogens with two attached hydrogens (primary N) is 1. The summed E-state index contributed by atoms with van der Waals surface area (Å²) in [5.41, 5.74) is 8.71. The van der Waals surface area contributed by atoms with Crippen LogP contribution in [0.15, 0.2) is 12.1 Å². The number of nitrogen functional groups attached to an aromatic ring is 1. The van der Waals surface area contributed by atoms with Crippen molar-refractivity contribution in [2.24, 2.45) is 5.92 Å². The Hall–Kier alpha value is -1.22. The van der Waals surface area contributed by atoms with E-state index in [2.05, 4.69) is 13.8 Å². The van der Waals surface area contributed by atoms with Gasteiger partial charge in [0.25, 0.3) is 0 Å². The number of anilines is 1. The van der Waals surface area contributed by atoms with Crippen LogP contribution in [0.3, 0.4) is 0 Å². The number of hydrogen-bond donors (Lipinski definition) is 1. The van der Waals surface area contributed by atoms with Gasteiger partial charge >= 0.3 is 0 Å². The van der Waals surface area contributed by atoms with Crippen LogP contribution < -0.4 is 10.5 Å². The number of aryl methyl sites for hydroxylation is 2. The van der Waals surface area contributed by atoms with Crippen LogP contribution in [0.2, 0.25) is 0 Å². The highest BCUT2D eigenvalue weighted by Crippen LogP contribution is 2.25. The van der Waals surface area contributed by atoms with Crippen molar-refractivity contribution < 1.29 is 9.47 Å². The quantitative estimate of drug-likeness (QED) is 0.597. The summed E-state index contributed by atoms with van der Waals surface area (Å²) in [6, 6.07) is 3.86. The summed E-state index contributed by atoms with van der Waals surface area (Å²) in [6.45, 7) is 10.4. The van der Waals surface area contributed by atoms with Crippen molar-refractivity contribution in [3.8, 4) is 5.75 Å². The Morgan fingerprint density at radius 2 is 1.67 bits per heavy atom. The molecule has 0 radical (unpaired) electrons. The Morgan fingerprint density at radius 1 is 1.06 bits per heavy atom. The SMILES string of the molecule is Cc1cc(N)cc(C)c1OCCOCCC(C)C. The van der Waals surface area contributed by atoms with Gasteiger partial charge in [-0.15, -0.1) is 0 Å². The lowest BCUT2D eigenvalue weighted by atomic mass is 10.1. The summed E-state index contributed by atoms with van der Waals surface area (Å²) < 4.78 is 11.3. The molecule has 18 heavy (non-hydrogen) atoms. The first-order chi connectivity index (χ1) is 8.50. The Balaban J connectivity index is 2.31. The summed E-state index contributed by atoms with van der Waals surface area (Å²) in [6.07, 6.45) is 1.10. The van der Waals surface area contributed by atoms with Crippen LogP contribution in [0, 0.1) is 19.8 Å². The van der Waals surface area contributed by atoms with E-state index >= 15 is 0 Å². The third-order valence-corrected chi connectivity index (χ3v) is 2.80. The van der Waals surface area contributed by atoms with Crippen molar-refractivity contribution in [2.45, 2.75) is 34.1 Å². The fourth-order valence-corrected chi connectivity index (χ4v) is 1.84. The molecule has 0 bridgehead atoms. The Labute approximate surface area is 110 Å². The summed E-state index contributed by atoms with van der Waals surface area (Å²) in [5, 5.41) is 0. The average Bonchev–Trinajstić information content (AvgIpc) is 2.25. The number of rotatable bonds is 7. The van der Waals surface area contributed by atoms with Gasteiger partial charge in [0.1, 0.15) is 12.4 Å². The van der Waals surface area contributed by atoms with E-state index in [1.54, 1.807) is 0 Å². The number of ether oxygens (including phenoxy) is 2. The average molecular weight is 251 g/mol. The zero-order valence-corrected chi connectivity index (χ0v) is 12.0. The van der Waals surface area contributed by atoms with Gasteiger partial charge < -0.3 is 15.2 Å². The molecule has 0 aliphatic heterocycles. The van der Waals surface area contributed by atoms with Crippen LogP contribution in [0.25, 0.3) is 0 Å². The second-order valence-electron chi connectivity index (χ2n) is 5.13. The minimum Gasteiger partial charge on any atom is -0.491 e. The summed E-state index contributed by atoms with van der Waals surface area (Å²) in [7, 11) is 0. The van der Waals surface area contributed by atoms with Gasteiger partial charge in [0, 0.05) is 12.3 Å². The van der Waals surface area contributed by atoms with E-state index in [-0.39, 0.29) is 0 Å². The van der Waals surface area contributed by atoms with Crippen LogP contribution in [-0.4, -0.2) is 19.8 Å². The number of benzene rings is 1. The second-order valence-corrected chi connectivity index (χ2v) is 5.13. The minimum atomic E-state index is 0.587. The van der Waals surface area contributed by atoms with Gasteiger partial charge in [-0.3, -0.25) is 0 Å². The van der Waals surface area contributed by atoms with Crippen molar-refractivity contribution in [1.29, 1.82) is 0 Å². The Bertz CT molecular complexity index is 352. The van der Waals surface area contributed by atoms with Crippen molar-refractivity contribution in [2.75, 3.05) is 25.6 Å². The lowest BCUT2D eigenvalue weighted by Crippen LogP contribution is -2.10. The molecule has 0 aromatic heterocycles. The molecule has 0 heterocycles. The van der Waals surface area contributed by atoms with Gasteiger partial charge in [-0.25, -0.2) is 0 Å². The van der Waals surface area contributed by atoms with Gasteiger partial charge in [0.05, 0.1) is 6.61 Å². The summed E-state index contributed by atoms with van der Waals surface area (Å²) >= 11 is 0. The molecular formula is C15H25NO2. The van der Waals surface area contributed by atoms with Gasteiger partial charge in [0.2, 0.25) is 0 Å². The maximum atomic E-state index is 5.77. The molecule has 0 spiro atoms. The van der Waals surface area contributed by atoms with E-state index in [4.69, 9.17) is 15.2 Å². The predicted octanol–water partition coefficient (Wildman–Crippen LogP) is 3.33. The molecule has 0 atom stereocenters. The monoisotopic (exact) mass is 251 g/mol. The molecule has 0 saturated carbocycles. The first-order valence-corrected chi connectivity index (χ1v) is 6.58. The second kappa shape index (κ2) is 7.27. The molecule has 102 valence electrons. The van der Waals surface area contributed by atoms with Gasteiger partial charge in [0.15, 0.2) is 0 Å². The smallest absolute Gasteiger partial charge is 0.125 e. The lowest BCUT2D eigenvalue weighted by Gasteiger charge is -2.13.